The molecule has 0 aliphatic heterocycles. The van der Waals surface area contributed by atoms with Gasteiger partial charge in [0.1, 0.15) is 11.4 Å². The van der Waals surface area contributed by atoms with E-state index < -0.39 is 6.10 Å². The Hall–Kier alpha value is -2.67. The Kier molecular flexibility index (Phi) is 9.06. The van der Waals surface area contributed by atoms with Crippen LogP contribution in [0.2, 0.25) is 0 Å². The van der Waals surface area contributed by atoms with Crippen LogP contribution in [0.1, 0.15) is 33.3 Å². The molecule has 33 heavy (non-hydrogen) atoms. The van der Waals surface area contributed by atoms with Crippen LogP contribution in [-0.2, 0) is 18.3 Å². The quantitative estimate of drug-likeness (QED) is 0.414. The van der Waals surface area contributed by atoms with Crippen LogP contribution in [0.4, 0.5) is 0 Å². The molecule has 0 aliphatic rings. The number of para-hydroxylation sites is 1. The van der Waals surface area contributed by atoms with Crippen molar-refractivity contribution in [2.75, 3.05) is 19.8 Å². The van der Waals surface area contributed by atoms with Crippen molar-refractivity contribution in [3.8, 4) is 22.9 Å². The summed E-state index contributed by atoms with van der Waals surface area (Å²) in [7, 11) is 1.91. The molecule has 1 heterocycles. The van der Waals surface area contributed by atoms with E-state index in [1.54, 1.807) is 4.68 Å². The Morgan fingerprint density at radius 3 is 2.18 bits per heavy atom. The second-order valence-electron chi connectivity index (χ2n) is 9.15. The SMILES string of the molecule is CC(C)COCC(O)CN(Cc1c(-c2ccccc2)nn(C)c1Oc1ccccc1)C(C)C. The number of rotatable bonds is 12. The summed E-state index contributed by atoms with van der Waals surface area (Å²) in [6, 6.07) is 20.1. The first kappa shape index (κ1) is 25.0. The van der Waals surface area contributed by atoms with Crippen LogP contribution < -0.4 is 4.74 Å². The van der Waals surface area contributed by atoms with E-state index in [1.807, 2.05) is 55.6 Å². The average Bonchev–Trinajstić information content (AvgIpc) is 3.09. The second kappa shape index (κ2) is 12.0. The number of aromatic nitrogens is 2. The number of hydrogen-bond acceptors (Lipinski definition) is 5. The minimum atomic E-state index is -0.568. The fraction of sp³-hybridized carbons (Fsp3) is 0.444. The summed E-state index contributed by atoms with van der Waals surface area (Å²) >= 11 is 0. The van der Waals surface area contributed by atoms with E-state index in [1.165, 1.54) is 0 Å². The molecule has 178 valence electrons. The predicted molar refractivity (Wildman–Crippen MR) is 132 cm³/mol. The van der Waals surface area contributed by atoms with E-state index in [2.05, 4.69) is 44.7 Å². The molecule has 1 aromatic heterocycles. The van der Waals surface area contributed by atoms with E-state index in [-0.39, 0.29) is 6.04 Å². The van der Waals surface area contributed by atoms with E-state index >= 15 is 0 Å². The summed E-state index contributed by atoms with van der Waals surface area (Å²) in [5.74, 6) is 1.91. The van der Waals surface area contributed by atoms with Gasteiger partial charge in [0.2, 0.25) is 5.88 Å². The zero-order valence-electron chi connectivity index (χ0n) is 20.4. The van der Waals surface area contributed by atoms with Crippen LogP contribution >= 0.6 is 0 Å². The van der Waals surface area contributed by atoms with Crippen molar-refractivity contribution in [3.05, 3.63) is 66.2 Å². The molecule has 0 radical (unpaired) electrons. The molecular formula is C27H37N3O3. The third-order valence-electron chi connectivity index (χ3n) is 5.39. The average molecular weight is 452 g/mol. The van der Waals surface area contributed by atoms with Crippen molar-refractivity contribution < 1.29 is 14.6 Å². The molecule has 1 N–H and O–H groups in total. The summed E-state index contributed by atoms with van der Waals surface area (Å²) < 4.78 is 13.8. The molecule has 0 saturated carbocycles. The highest BCUT2D eigenvalue weighted by molar-refractivity contribution is 5.65. The maximum atomic E-state index is 10.6. The van der Waals surface area contributed by atoms with Crippen molar-refractivity contribution in [2.45, 2.75) is 46.4 Å². The zero-order valence-corrected chi connectivity index (χ0v) is 20.4. The molecule has 0 amide bonds. The molecule has 0 aliphatic carbocycles. The van der Waals surface area contributed by atoms with Crippen molar-refractivity contribution in [3.63, 3.8) is 0 Å². The molecule has 0 saturated heterocycles. The van der Waals surface area contributed by atoms with Gasteiger partial charge in [-0.05, 0) is 31.9 Å². The van der Waals surface area contributed by atoms with Gasteiger partial charge in [-0.1, -0.05) is 62.4 Å². The van der Waals surface area contributed by atoms with Crippen LogP contribution in [-0.4, -0.2) is 51.7 Å². The summed E-state index contributed by atoms with van der Waals surface area (Å²) in [5, 5.41) is 15.5. The topological polar surface area (TPSA) is 59.8 Å². The van der Waals surface area contributed by atoms with Gasteiger partial charge in [-0.3, -0.25) is 4.90 Å². The first-order valence-corrected chi connectivity index (χ1v) is 11.7. The Bertz CT molecular complexity index is 971. The Morgan fingerprint density at radius 2 is 1.58 bits per heavy atom. The molecule has 1 unspecified atom stereocenters. The van der Waals surface area contributed by atoms with Crippen LogP contribution in [0.3, 0.4) is 0 Å². The number of nitrogens with zero attached hydrogens (tertiary/aromatic N) is 3. The zero-order chi connectivity index (χ0) is 23.8. The molecule has 0 fully saturated rings. The first-order chi connectivity index (χ1) is 15.8. The lowest BCUT2D eigenvalue weighted by Gasteiger charge is -2.29. The van der Waals surface area contributed by atoms with Crippen LogP contribution in [0, 0.1) is 5.92 Å². The van der Waals surface area contributed by atoms with E-state index in [9.17, 15) is 5.11 Å². The van der Waals surface area contributed by atoms with E-state index in [0.717, 1.165) is 22.6 Å². The minimum Gasteiger partial charge on any atom is -0.439 e. The van der Waals surface area contributed by atoms with Gasteiger partial charge in [0.15, 0.2) is 0 Å². The molecule has 6 heteroatoms. The third-order valence-corrected chi connectivity index (χ3v) is 5.39. The predicted octanol–water partition coefficient (Wildman–Crippen LogP) is 5.12. The molecule has 1 atom stereocenters. The van der Waals surface area contributed by atoms with Crippen molar-refractivity contribution >= 4 is 0 Å². The Labute approximate surface area is 197 Å². The van der Waals surface area contributed by atoms with Gasteiger partial charge >= 0.3 is 0 Å². The van der Waals surface area contributed by atoms with Gasteiger partial charge in [0, 0.05) is 38.3 Å². The number of aliphatic hydroxyl groups excluding tert-OH is 1. The molecule has 2 aromatic carbocycles. The van der Waals surface area contributed by atoms with E-state index in [0.29, 0.717) is 38.1 Å². The summed E-state index contributed by atoms with van der Waals surface area (Å²) in [6.45, 7) is 10.6. The molecule has 3 rings (SSSR count). The largest absolute Gasteiger partial charge is 0.439 e. The highest BCUT2D eigenvalue weighted by Gasteiger charge is 2.24. The van der Waals surface area contributed by atoms with Crippen molar-refractivity contribution in [1.82, 2.24) is 14.7 Å². The lowest BCUT2D eigenvalue weighted by molar-refractivity contribution is 0.00166. The Balaban J connectivity index is 1.89. The molecular weight excluding hydrogens is 414 g/mol. The molecule has 6 nitrogen and oxygen atoms in total. The fourth-order valence-electron chi connectivity index (χ4n) is 3.67. The number of hydrogen-bond donors (Lipinski definition) is 1. The maximum Gasteiger partial charge on any atom is 0.222 e. The molecule has 0 spiro atoms. The monoisotopic (exact) mass is 451 g/mol. The summed E-state index contributed by atoms with van der Waals surface area (Å²) in [5.41, 5.74) is 2.92. The van der Waals surface area contributed by atoms with Crippen LogP contribution in [0.5, 0.6) is 11.6 Å². The first-order valence-electron chi connectivity index (χ1n) is 11.7. The van der Waals surface area contributed by atoms with Crippen molar-refractivity contribution in [2.24, 2.45) is 13.0 Å². The van der Waals surface area contributed by atoms with E-state index in [4.69, 9.17) is 14.6 Å². The van der Waals surface area contributed by atoms with Crippen molar-refractivity contribution in [1.29, 1.82) is 0 Å². The molecule has 0 bridgehead atoms. The highest BCUT2D eigenvalue weighted by atomic mass is 16.5. The fourth-order valence-corrected chi connectivity index (χ4v) is 3.67. The molecule has 3 aromatic rings. The Morgan fingerprint density at radius 1 is 0.939 bits per heavy atom. The van der Waals surface area contributed by atoms with Gasteiger partial charge in [-0.25, -0.2) is 4.68 Å². The summed E-state index contributed by atoms with van der Waals surface area (Å²) in [6.07, 6.45) is -0.568. The number of ether oxygens (including phenoxy) is 2. The lowest BCUT2D eigenvalue weighted by Crippen LogP contribution is -2.39. The van der Waals surface area contributed by atoms with Gasteiger partial charge in [0.25, 0.3) is 0 Å². The standard InChI is InChI=1S/C27H37N3O3/c1-20(2)18-32-19-23(31)16-30(21(3)4)17-25-26(22-12-8-6-9-13-22)28-29(5)27(25)33-24-14-10-7-11-15-24/h6-15,20-21,23,31H,16-19H2,1-5H3. The highest BCUT2D eigenvalue weighted by Crippen LogP contribution is 2.34. The normalized spacial score (nSPS) is 12.6. The smallest absolute Gasteiger partial charge is 0.222 e. The van der Waals surface area contributed by atoms with Gasteiger partial charge in [-0.2, -0.15) is 5.10 Å². The van der Waals surface area contributed by atoms with Crippen LogP contribution in [0.25, 0.3) is 11.3 Å². The van der Waals surface area contributed by atoms with Gasteiger partial charge < -0.3 is 14.6 Å². The minimum absolute atomic E-state index is 0.221. The maximum absolute atomic E-state index is 10.6. The van der Waals surface area contributed by atoms with Gasteiger partial charge in [0.05, 0.1) is 18.3 Å². The lowest BCUT2D eigenvalue weighted by atomic mass is 10.1. The third kappa shape index (κ3) is 7.16. The number of aliphatic hydroxyl groups is 1. The number of benzene rings is 2. The second-order valence-corrected chi connectivity index (χ2v) is 9.15. The van der Waals surface area contributed by atoms with Gasteiger partial charge in [-0.15, -0.1) is 0 Å². The van der Waals surface area contributed by atoms with Crippen LogP contribution in [0.15, 0.2) is 60.7 Å². The summed E-state index contributed by atoms with van der Waals surface area (Å²) in [4.78, 5) is 2.24. The number of aryl methyl sites for hydroxylation is 1.